The molecule has 2 saturated carbocycles. The standard InChI is InChI=1S/C15H29NO2S/c1-3-12-7-8-14(16)15(10-12)19(17,18)13-6-4-5-11(2)9-13/h11-15H,3-10,16H2,1-2H3. The molecule has 0 amide bonds. The highest BCUT2D eigenvalue weighted by Crippen LogP contribution is 2.36. The van der Waals surface area contributed by atoms with Gasteiger partial charge in [0.2, 0.25) is 0 Å². The summed E-state index contributed by atoms with van der Waals surface area (Å²) in [5.74, 6) is 1.11. The maximum Gasteiger partial charge on any atom is 0.157 e. The molecular formula is C15H29NO2S. The van der Waals surface area contributed by atoms with Crippen LogP contribution in [0.1, 0.15) is 65.2 Å². The van der Waals surface area contributed by atoms with Gasteiger partial charge in [0.1, 0.15) is 0 Å². The normalized spacial score (nSPS) is 41.1. The summed E-state index contributed by atoms with van der Waals surface area (Å²) in [6.45, 7) is 4.34. The fraction of sp³-hybridized carbons (Fsp3) is 1.00. The average Bonchev–Trinajstić information content (AvgIpc) is 2.39. The lowest BCUT2D eigenvalue weighted by atomic mass is 9.84. The molecular weight excluding hydrogens is 258 g/mol. The minimum atomic E-state index is -3.04. The van der Waals surface area contributed by atoms with Gasteiger partial charge in [-0.25, -0.2) is 8.42 Å². The summed E-state index contributed by atoms with van der Waals surface area (Å²) < 4.78 is 25.8. The zero-order valence-electron chi connectivity index (χ0n) is 12.3. The highest BCUT2D eigenvalue weighted by molar-refractivity contribution is 7.92. The summed E-state index contributed by atoms with van der Waals surface area (Å²) in [6, 6.07) is -0.134. The van der Waals surface area contributed by atoms with Crippen LogP contribution < -0.4 is 5.73 Å². The van der Waals surface area contributed by atoms with Crippen LogP contribution in [-0.2, 0) is 9.84 Å². The average molecular weight is 287 g/mol. The van der Waals surface area contributed by atoms with Crippen LogP contribution in [0, 0.1) is 11.8 Å². The van der Waals surface area contributed by atoms with Gasteiger partial charge < -0.3 is 5.73 Å². The van der Waals surface area contributed by atoms with E-state index in [2.05, 4.69) is 13.8 Å². The Hall–Kier alpha value is -0.0900. The first kappa shape index (κ1) is 15.3. The number of hydrogen-bond acceptors (Lipinski definition) is 3. The third-order valence-electron chi connectivity index (χ3n) is 5.30. The summed E-state index contributed by atoms with van der Waals surface area (Å²) in [4.78, 5) is 0. The van der Waals surface area contributed by atoms with Gasteiger partial charge in [0, 0.05) is 6.04 Å². The van der Waals surface area contributed by atoms with Crippen molar-refractivity contribution in [3.05, 3.63) is 0 Å². The quantitative estimate of drug-likeness (QED) is 0.868. The van der Waals surface area contributed by atoms with E-state index in [1.165, 1.54) is 6.42 Å². The molecule has 0 aromatic heterocycles. The van der Waals surface area contributed by atoms with E-state index < -0.39 is 9.84 Å². The van der Waals surface area contributed by atoms with Gasteiger partial charge in [0.25, 0.3) is 0 Å². The van der Waals surface area contributed by atoms with E-state index in [0.29, 0.717) is 11.8 Å². The molecule has 0 saturated heterocycles. The van der Waals surface area contributed by atoms with Gasteiger partial charge in [-0.1, -0.05) is 33.1 Å². The van der Waals surface area contributed by atoms with Crippen molar-refractivity contribution < 1.29 is 8.42 Å². The van der Waals surface area contributed by atoms with Crippen molar-refractivity contribution in [1.29, 1.82) is 0 Å². The summed E-state index contributed by atoms with van der Waals surface area (Å²) in [7, 11) is -3.04. The van der Waals surface area contributed by atoms with Crippen molar-refractivity contribution in [2.24, 2.45) is 17.6 Å². The molecule has 0 aromatic rings. The van der Waals surface area contributed by atoms with Crippen LogP contribution in [0.25, 0.3) is 0 Å². The minimum Gasteiger partial charge on any atom is -0.327 e. The SMILES string of the molecule is CCC1CCC(N)C(S(=O)(=O)C2CCCC(C)C2)C1. The molecule has 2 rings (SSSR count). The lowest BCUT2D eigenvalue weighted by Gasteiger charge is -2.37. The van der Waals surface area contributed by atoms with E-state index in [1.54, 1.807) is 0 Å². The topological polar surface area (TPSA) is 60.2 Å². The van der Waals surface area contributed by atoms with Crippen molar-refractivity contribution in [1.82, 2.24) is 0 Å². The largest absolute Gasteiger partial charge is 0.327 e. The molecule has 2 N–H and O–H groups in total. The smallest absolute Gasteiger partial charge is 0.157 e. The van der Waals surface area contributed by atoms with E-state index in [1.807, 2.05) is 0 Å². The Morgan fingerprint density at radius 2 is 1.84 bits per heavy atom. The molecule has 0 bridgehead atoms. The second-order valence-corrected chi connectivity index (χ2v) is 9.22. The van der Waals surface area contributed by atoms with E-state index in [9.17, 15) is 8.42 Å². The lowest BCUT2D eigenvalue weighted by Crippen LogP contribution is -2.49. The van der Waals surface area contributed by atoms with E-state index in [0.717, 1.165) is 44.9 Å². The zero-order valence-corrected chi connectivity index (χ0v) is 13.2. The summed E-state index contributed by atoms with van der Waals surface area (Å²) >= 11 is 0. The van der Waals surface area contributed by atoms with Gasteiger partial charge in [-0.15, -0.1) is 0 Å². The zero-order chi connectivity index (χ0) is 14.0. The third-order valence-corrected chi connectivity index (χ3v) is 8.05. The molecule has 5 atom stereocenters. The monoisotopic (exact) mass is 287 g/mol. The third kappa shape index (κ3) is 3.33. The number of nitrogens with two attached hydrogens (primary N) is 1. The molecule has 2 fully saturated rings. The van der Waals surface area contributed by atoms with Crippen LogP contribution in [-0.4, -0.2) is 25.0 Å². The molecule has 0 spiro atoms. The van der Waals surface area contributed by atoms with Gasteiger partial charge in [-0.05, 0) is 43.9 Å². The van der Waals surface area contributed by atoms with Crippen LogP contribution in [0.15, 0.2) is 0 Å². The van der Waals surface area contributed by atoms with Crippen LogP contribution in [0.5, 0.6) is 0 Å². The Morgan fingerprint density at radius 3 is 2.47 bits per heavy atom. The van der Waals surface area contributed by atoms with Gasteiger partial charge >= 0.3 is 0 Å². The van der Waals surface area contributed by atoms with Crippen LogP contribution in [0.3, 0.4) is 0 Å². The van der Waals surface area contributed by atoms with Crippen molar-refractivity contribution in [2.45, 2.75) is 81.8 Å². The van der Waals surface area contributed by atoms with E-state index >= 15 is 0 Å². The molecule has 2 aliphatic rings. The lowest BCUT2D eigenvalue weighted by molar-refractivity contribution is 0.312. The Labute approximate surface area is 118 Å². The number of hydrogen-bond donors (Lipinski definition) is 1. The van der Waals surface area contributed by atoms with Crippen molar-refractivity contribution in [3.8, 4) is 0 Å². The molecule has 0 radical (unpaired) electrons. The van der Waals surface area contributed by atoms with E-state index in [-0.39, 0.29) is 16.5 Å². The Morgan fingerprint density at radius 1 is 1.11 bits per heavy atom. The maximum atomic E-state index is 12.9. The fourth-order valence-electron chi connectivity index (χ4n) is 3.91. The number of rotatable bonds is 3. The molecule has 5 unspecified atom stereocenters. The fourth-order valence-corrected chi connectivity index (χ4v) is 6.66. The molecule has 3 nitrogen and oxygen atoms in total. The van der Waals surface area contributed by atoms with Crippen LogP contribution in [0.2, 0.25) is 0 Å². The van der Waals surface area contributed by atoms with Crippen molar-refractivity contribution in [3.63, 3.8) is 0 Å². The minimum absolute atomic E-state index is 0.122. The van der Waals surface area contributed by atoms with Gasteiger partial charge in [0.05, 0.1) is 10.5 Å². The van der Waals surface area contributed by atoms with Crippen molar-refractivity contribution in [2.75, 3.05) is 0 Å². The van der Waals surface area contributed by atoms with Gasteiger partial charge in [0.15, 0.2) is 9.84 Å². The van der Waals surface area contributed by atoms with Gasteiger partial charge in [-0.3, -0.25) is 0 Å². The first-order chi connectivity index (χ1) is 8.95. The Kier molecular flexibility index (Phi) is 4.93. The molecule has 4 heteroatoms. The van der Waals surface area contributed by atoms with Gasteiger partial charge in [-0.2, -0.15) is 0 Å². The summed E-state index contributed by atoms with van der Waals surface area (Å²) in [6.07, 6.45) is 7.81. The molecule has 0 aliphatic heterocycles. The number of sulfone groups is 1. The molecule has 112 valence electrons. The Balaban J connectivity index is 2.12. The summed E-state index contributed by atoms with van der Waals surface area (Å²) in [5.41, 5.74) is 6.14. The highest BCUT2D eigenvalue weighted by Gasteiger charge is 2.42. The first-order valence-corrected chi connectivity index (χ1v) is 9.54. The Bertz CT molecular complexity index is 393. The second-order valence-electron chi connectivity index (χ2n) is 6.77. The van der Waals surface area contributed by atoms with Crippen molar-refractivity contribution >= 4 is 9.84 Å². The van der Waals surface area contributed by atoms with Crippen LogP contribution in [0.4, 0.5) is 0 Å². The predicted molar refractivity (Wildman–Crippen MR) is 79.7 cm³/mol. The first-order valence-electron chi connectivity index (χ1n) is 7.93. The van der Waals surface area contributed by atoms with E-state index in [4.69, 9.17) is 5.73 Å². The molecule has 0 heterocycles. The second kappa shape index (κ2) is 6.13. The predicted octanol–water partition coefficient (Wildman–Crippen LogP) is 2.89. The molecule has 2 aliphatic carbocycles. The molecule has 19 heavy (non-hydrogen) atoms. The summed E-state index contributed by atoms with van der Waals surface area (Å²) in [5, 5.41) is -0.399. The highest BCUT2D eigenvalue weighted by atomic mass is 32.2. The molecule has 0 aromatic carbocycles. The van der Waals surface area contributed by atoms with Crippen LogP contribution >= 0.6 is 0 Å². The maximum absolute atomic E-state index is 12.9.